The summed E-state index contributed by atoms with van der Waals surface area (Å²) in [6.07, 6.45) is 7.34. The van der Waals surface area contributed by atoms with Crippen LogP contribution in [0.5, 0.6) is 0 Å². The summed E-state index contributed by atoms with van der Waals surface area (Å²) < 4.78 is 31.5. The van der Waals surface area contributed by atoms with E-state index in [0.29, 0.717) is 39.1 Å². The molecule has 2 atom stereocenters. The highest BCUT2D eigenvalue weighted by Gasteiger charge is 2.46. The Bertz CT molecular complexity index is 1530. The highest BCUT2D eigenvalue weighted by atomic mass is 32.1. The number of carbonyl (C=O) groups is 1. The Labute approximate surface area is 262 Å². The standard InChI is InChI=1S/C34H43F2N5O2S/c1-23(2)37-27-8-12-41(31(17-27)28-16-26(35)6-7-29(28)36)33(43)39-13-14-40(34(22-39)10-4-5-11-34)20-25-19-38(3)30(18-32(25)42)24-9-15-44-21-24/h6-7,9,15-16,18-19,21,23,27,31,37H,4-5,8,10-14,17,20,22H2,1-3H3/t27-,31+/m1/s1. The SMILES string of the molecule is CC(C)N[C@@H]1CCN(C(=O)N2CCN(Cc3cn(C)c(-c4ccsc4)cc3=O)C3(CCCC3)C2)[C@H](c2cc(F)ccc2F)C1. The topological polar surface area (TPSA) is 60.8 Å². The maximum atomic E-state index is 15.1. The fourth-order valence-corrected chi connectivity index (χ4v) is 8.35. The number of nitrogens with zero attached hydrogens (tertiary/aromatic N) is 4. The number of rotatable bonds is 6. The second-order valence-corrected chi connectivity index (χ2v) is 13.9. The first-order valence-corrected chi connectivity index (χ1v) is 16.8. The van der Waals surface area contributed by atoms with Crippen molar-refractivity contribution in [1.29, 1.82) is 0 Å². The minimum atomic E-state index is -0.550. The van der Waals surface area contributed by atoms with E-state index in [1.807, 2.05) is 34.2 Å². The Morgan fingerprint density at radius 2 is 1.91 bits per heavy atom. The van der Waals surface area contributed by atoms with Crippen molar-refractivity contribution in [3.8, 4) is 11.3 Å². The Hall–Kier alpha value is -3.08. The van der Waals surface area contributed by atoms with E-state index in [0.717, 1.165) is 61.1 Å². The van der Waals surface area contributed by atoms with E-state index in [9.17, 15) is 14.0 Å². The Balaban J connectivity index is 1.23. The molecule has 2 amide bonds. The van der Waals surface area contributed by atoms with Crippen molar-refractivity contribution >= 4 is 17.4 Å². The third kappa shape index (κ3) is 6.21. The summed E-state index contributed by atoms with van der Waals surface area (Å²) in [5, 5.41) is 7.61. The van der Waals surface area contributed by atoms with Crippen LogP contribution in [0.4, 0.5) is 13.6 Å². The molecule has 1 aliphatic carbocycles. The summed E-state index contributed by atoms with van der Waals surface area (Å²) in [7, 11) is 1.98. The number of hydrogen-bond acceptors (Lipinski definition) is 5. The van der Waals surface area contributed by atoms with Crippen LogP contribution in [0, 0.1) is 11.6 Å². The number of urea groups is 1. The van der Waals surface area contributed by atoms with Crippen molar-refractivity contribution < 1.29 is 13.6 Å². The first-order valence-electron chi connectivity index (χ1n) is 15.9. The third-order valence-corrected chi connectivity index (χ3v) is 10.5. The fourth-order valence-electron chi connectivity index (χ4n) is 7.70. The maximum Gasteiger partial charge on any atom is 0.320 e. The summed E-state index contributed by atoms with van der Waals surface area (Å²) >= 11 is 1.61. The second kappa shape index (κ2) is 12.7. The van der Waals surface area contributed by atoms with Crippen molar-refractivity contribution in [1.82, 2.24) is 24.6 Å². The Morgan fingerprint density at radius 1 is 1.11 bits per heavy atom. The van der Waals surface area contributed by atoms with E-state index in [4.69, 9.17) is 0 Å². The van der Waals surface area contributed by atoms with Gasteiger partial charge < -0.3 is 19.7 Å². The number of halogens is 2. The van der Waals surface area contributed by atoms with Gasteiger partial charge in [-0.2, -0.15) is 11.3 Å². The van der Waals surface area contributed by atoms with Gasteiger partial charge in [0, 0.05) is 91.7 Å². The predicted octanol–water partition coefficient (Wildman–Crippen LogP) is 6.15. The third-order valence-electron chi connectivity index (χ3n) is 9.83. The molecule has 3 fully saturated rings. The van der Waals surface area contributed by atoms with Gasteiger partial charge in [0.2, 0.25) is 0 Å². The first kappa shape index (κ1) is 30.9. The number of carbonyl (C=O) groups excluding carboxylic acids is 1. The van der Waals surface area contributed by atoms with Crippen molar-refractivity contribution in [2.24, 2.45) is 7.05 Å². The molecule has 2 aliphatic heterocycles. The number of amides is 2. The number of piperazine rings is 1. The number of hydrogen-bond donors (Lipinski definition) is 1. The molecule has 1 aromatic carbocycles. The maximum absolute atomic E-state index is 15.1. The molecule has 10 heteroatoms. The first-order chi connectivity index (χ1) is 21.1. The van der Waals surface area contributed by atoms with Gasteiger partial charge in [-0.15, -0.1) is 0 Å². The average Bonchev–Trinajstić information content (AvgIpc) is 3.70. The van der Waals surface area contributed by atoms with Crippen LogP contribution in [0.15, 0.2) is 52.1 Å². The van der Waals surface area contributed by atoms with E-state index in [1.165, 1.54) is 6.07 Å². The molecule has 0 bridgehead atoms. The number of thiophene rings is 1. The smallest absolute Gasteiger partial charge is 0.320 e. The zero-order chi connectivity index (χ0) is 31.0. The van der Waals surface area contributed by atoms with Crippen molar-refractivity contribution in [3.05, 3.63) is 80.3 Å². The van der Waals surface area contributed by atoms with Gasteiger partial charge in [-0.3, -0.25) is 9.69 Å². The molecule has 6 rings (SSSR count). The van der Waals surface area contributed by atoms with Crippen molar-refractivity contribution in [3.63, 3.8) is 0 Å². The number of likely N-dealkylation sites (tertiary alicyclic amines) is 1. The van der Waals surface area contributed by atoms with E-state index in [-0.39, 0.29) is 34.6 Å². The lowest BCUT2D eigenvalue weighted by Gasteiger charge is -2.51. The van der Waals surface area contributed by atoms with E-state index >= 15 is 4.39 Å². The summed E-state index contributed by atoms with van der Waals surface area (Å²) in [6.45, 7) is 6.92. The fraction of sp³-hybridized carbons (Fsp3) is 0.529. The lowest BCUT2D eigenvalue weighted by atomic mass is 9.89. The van der Waals surface area contributed by atoms with Gasteiger partial charge in [-0.25, -0.2) is 13.6 Å². The summed E-state index contributed by atoms with van der Waals surface area (Å²) in [4.78, 5) is 33.7. The number of pyridine rings is 1. The number of piperidine rings is 1. The molecule has 0 radical (unpaired) electrons. The van der Waals surface area contributed by atoms with Crippen LogP contribution in [0.25, 0.3) is 11.3 Å². The molecule has 1 N–H and O–H groups in total. The lowest BCUT2D eigenvalue weighted by Crippen LogP contribution is -2.64. The largest absolute Gasteiger partial charge is 0.350 e. The molecule has 3 aliphatic rings. The minimum Gasteiger partial charge on any atom is -0.350 e. The van der Waals surface area contributed by atoms with Crippen LogP contribution in [-0.4, -0.2) is 69.1 Å². The van der Waals surface area contributed by atoms with Crippen LogP contribution in [0.2, 0.25) is 0 Å². The molecular weight excluding hydrogens is 580 g/mol. The minimum absolute atomic E-state index is 0.0359. The Morgan fingerprint density at radius 3 is 2.64 bits per heavy atom. The van der Waals surface area contributed by atoms with Crippen LogP contribution in [0.3, 0.4) is 0 Å². The van der Waals surface area contributed by atoms with Gasteiger partial charge in [0.1, 0.15) is 11.6 Å². The van der Waals surface area contributed by atoms with Gasteiger partial charge in [-0.1, -0.05) is 26.7 Å². The molecule has 1 saturated carbocycles. The molecule has 4 heterocycles. The van der Waals surface area contributed by atoms with Gasteiger partial charge in [-0.05, 0) is 55.3 Å². The van der Waals surface area contributed by atoms with Crippen LogP contribution in [0.1, 0.15) is 69.5 Å². The van der Waals surface area contributed by atoms with Crippen LogP contribution >= 0.6 is 11.3 Å². The molecular formula is C34H43F2N5O2S. The summed E-state index contributed by atoms with van der Waals surface area (Å²) in [6, 6.07) is 7.01. The van der Waals surface area contributed by atoms with Crippen molar-refractivity contribution in [2.75, 3.05) is 26.2 Å². The van der Waals surface area contributed by atoms with Crippen LogP contribution < -0.4 is 10.7 Å². The highest BCUT2D eigenvalue weighted by molar-refractivity contribution is 7.08. The summed E-state index contributed by atoms with van der Waals surface area (Å²) in [5.74, 6) is -0.983. The Kier molecular flexibility index (Phi) is 8.95. The summed E-state index contributed by atoms with van der Waals surface area (Å²) in [5.41, 5.74) is 2.78. The molecule has 44 heavy (non-hydrogen) atoms. The molecule has 2 aromatic heterocycles. The van der Waals surface area contributed by atoms with Gasteiger partial charge in [0.05, 0.1) is 11.7 Å². The quantitative estimate of drug-likeness (QED) is 0.358. The molecule has 236 valence electrons. The van der Waals surface area contributed by atoms with Crippen LogP contribution in [-0.2, 0) is 13.6 Å². The highest BCUT2D eigenvalue weighted by Crippen LogP contribution is 2.40. The zero-order valence-corrected chi connectivity index (χ0v) is 26.7. The molecule has 1 spiro atoms. The van der Waals surface area contributed by atoms with E-state index < -0.39 is 17.7 Å². The second-order valence-electron chi connectivity index (χ2n) is 13.1. The van der Waals surface area contributed by atoms with E-state index in [2.05, 4.69) is 29.4 Å². The number of aromatic nitrogens is 1. The monoisotopic (exact) mass is 623 g/mol. The average molecular weight is 624 g/mol. The number of aryl methyl sites for hydroxylation is 1. The lowest BCUT2D eigenvalue weighted by molar-refractivity contribution is -0.00260. The molecule has 7 nitrogen and oxygen atoms in total. The van der Waals surface area contributed by atoms with E-state index in [1.54, 1.807) is 22.3 Å². The normalized spacial score (nSPS) is 22.3. The number of nitrogens with one attached hydrogen (secondary N) is 1. The molecule has 0 unspecified atom stereocenters. The van der Waals surface area contributed by atoms with Gasteiger partial charge in [0.25, 0.3) is 0 Å². The molecule has 3 aromatic rings. The van der Waals surface area contributed by atoms with Gasteiger partial charge in [0.15, 0.2) is 5.43 Å². The van der Waals surface area contributed by atoms with Crippen molar-refractivity contribution in [2.45, 2.75) is 82.6 Å². The van der Waals surface area contributed by atoms with Gasteiger partial charge >= 0.3 is 6.03 Å². The predicted molar refractivity (Wildman–Crippen MR) is 171 cm³/mol. The molecule has 2 saturated heterocycles. The zero-order valence-electron chi connectivity index (χ0n) is 25.9. The number of benzene rings is 1.